The predicted molar refractivity (Wildman–Crippen MR) is 71.2 cm³/mol. The Kier molecular flexibility index (Phi) is 4.58. The summed E-state index contributed by atoms with van der Waals surface area (Å²) >= 11 is 0. The Morgan fingerprint density at radius 1 is 1.38 bits per heavy atom. The zero-order chi connectivity index (χ0) is 15.6. The van der Waals surface area contributed by atoms with Crippen molar-refractivity contribution in [2.45, 2.75) is 12.6 Å². The van der Waals surface area contributed by atoms with Crippen molar-refractivity contribution in [1.82, 2.24) is 4.90 Å². The summed E-state index contributed by atoms with van der Waals surface area (Å²) in [6.45, 7) is 0.285. The molecule has 0 unspecified atom stereocenters. The maximum Gasteiger partial charge on any atom is 0.324 e. The van der Waals surface area contributed by atoms with Gasteiger partial charge in [0.2, 0.25) is 0 Å². The normalized spacial score (nSPS) is 22.0. The smallest absolute Gasteiger partial charge is 0.324 e. The number of esters is 1. The number of hydrogen-bond donors (Lipinski definition) is 0. The summed E-state index contributed by atoms with van der Waals surface area (Å²) in [4.78, 5) is 13.3. The van der Waals surface area contributed by atoms with Crippen LogP contribution in [-0.2, 0) is 25.9 Å². The zero-order valence-corrected chi connectivity index (χ0v) is 12.2. The first kappa shape index (κ1) is 15.8. The van der Waals surface area contributed by atoms with E-state index >= 15 is 0 Å². The molecule has 1 aliphatic heterocycles. The van der Waals surface area contributed by atoms with E-state index in [0.29, 0.717) is 5.56 Å². The van der Waals surface area contributed by atoms with Crippen LogP contribution in [0.1, 0.15) is 5.56 Å². The fourth-order valence-corrected chi connectivity index (χ4v) is 3.76. The summed E-state index contributed by atoms with van der Waals surface area (Å²) in [5, 5.41) is 0. The maximum atomic E-state index is 13.2. The molecule has 1 aromatic rings. The molecule has 1 atom stereocenters. The van der Waals surface area contributed by atoms with Crippen molar-refractivity contribution >= 4 is 15.8 Å². The number of sulfone groups is 1. The Balaban J connectivity index is 2.20. The minimum absolute atomic E-state index is 0.0792. The number of carbonyl (C=O) groups excluding carboxylic acids is 1. The molecule has 21 heavy (non-hydrogen) atoms. The summed E-state index contributed by atoms with van der Waals surface area (Å²) in [5.74, 6) is -3.00. The zero-order valence-electron chi connectivity index (χ0n) is 11.4. The van der Waals surface area contributed by atoms with Crippen LogP contribution < -0.4 is 0 Å². The standard InChI is InChI=1S/C13H15F2NO4S/c1-20-13(17)12-8-21(18,19)5-4-16(12)7-9-2-3-10(14)11(15)6-9/h2-3,6,12H,4-5,7-8H2,1H3/t12-/m1/s1. The molecule has 0 N–H and O–H groups in total. The van der Waals surface area contributed by atoms with Crippen molar-refractivity contribution in [2.24, 2.45) is 0 Å². The predicted octanol–water partition coefficient (Wildman–Crippen LogP) is 0.737. The quantitative estimate of drug-likeness (QED) is 0.769. The molecule has 1 heterocycles. The average molecular weight is 319 g/mol. The van der Waals surface area contributed by atoms with Gasteiger partial charge < -0.3 is 4.74 Å². The van der Waals surface area contributed by atoms with E-state index in [1.165, 1.54) is 13.2 Å². The van der Waals surface area contributed by atoms with Gasteiger partial charge >= 0.3 is 5.97 Å². The van der Waals surface area contributed by atoms with E-state index in [0.717, 1.165) is 12.1 Å². The van der Waals surface area contributed by atoms with Crippen LogP contribution >= 0.6 is 0 Å². The van der Waals surface area contributed by atoms with E-state index in [2.05, 4.69) is 4.74 Å². The van der Waals surface area contributed by atoms with Crippen molar-refractivity contribution < 1.29 is 26.7 Å². The number of nitrogens with zero attached hydrogens (tertiary/aromatic N) is 1. The van der Waals surface area contributed by atoms with Crippen molar-refractivity contribution in [1.29, 1.82) is 0 Å². The fourth-order valence-electron chi connectivity index (χ4n) is 2.26. The van der Waals surface area contributed by atoms with E-state index in [1.54, 1.807) is 4.90 Å². The molecule has 8 heteroatoms. The molecule has 1 aromatic carbocycles. The molecule has 0 radical (unpaired) electrons. The van der Waals surface area contributed by atoms with Crippen molar-refractivity contribution in [2.75, 3.05) is 25.2 Å². The second-order valence-corrected chi connectivity index (χ2v) is 7.10. The third-order valence-electron chi connectivity index (χ3n) is 3.39. The van der Waals surface area contributed by atoms with Gasteiger partial charge in [-0.15, -0.1) is 0 Å². The maximum absolute atomic E-state index is 13.2. The highest BCUT2D eigenvalue weighted by Gasteiger charge is 2.36. The molecular weight excluding hydrogens is 304 g/mol. The van der Waals surface area contributed by atoms with Crippen molar-refractivity contribution in [3.05, 3.63) is 35.4 Å². The minimum Gasteiger partial charge on any atom is -0.468 e. The molecule has 116 valence electrons. The number of methoxy groups -OCH3 is 1. The molecule has 0 spiro atoms. The van der Waals surface area contributed by atoms with Gasteiger partial charge in [0.05, 0.1) is 18.6 Å². The summed E-state index contributed by atoms with van der Waals surface area (Å²) in [6, 6.07) is 2.50. The summed E-state index contributed by atoms with van der Waals surface area (Å²) in [7, 11) is -2.12. The number of carbonyl (C=O) groups is 1. The minimum atomic E-state index is -3.30. The van der Waals surface area contributed by atoms with Crippen LogP contribution in [0.3, 0.4) is 0 Å². The highest BCUT2D eigenvalue weighted by Crippen LogP contribution is 2.18. The van der Waals surface area contributed by atoms with Crippen LogP contribution in [0, 0.1) is 11.6 Å². The summed E-state index contributed by atoms with van der Waals surface area (Å²) in [5.41, 5.74) is 0.460. The molecular formula is C13H15F2NO4S. The first-order valence-corrected chi connectivity index (χ1v) is 8.11. The summed E-state index contributed by atoms with van der Waals surface area (Å²) in [6.07, 6.45) is 0. The van der Waals surface area contributed by atoms with Crippen molar-refractivity contribution in [3.8, 4) is 0 Å². The number of hydrogen-bond acceptors (Lipinski definition) is 5. The lowest BCUT2D eigenvalue weighted by Crippen LogP contribution is -2.52. The Hall–Kier alpha value is -1.54. The van der Waals surface area contributed by atoms with Gasteiger partial charge in [0, 0.05) is 13.1 Å². The monoisotopic (exact) mass is 319 g/mol. The number of halogens is 2. The van der Waals surface area contributed by atoms with Gasteiger partial charge in [0.15, 0.2) is 21.5 Å². The highest BCUT2D eigenvalue weighted by molar-refractivity contribution is 7.91. The van der Waals surface area contributed by atoms with Crippen molar-refractivity contribution in [3.63, 3.8) is 0 Å². The highest BCUT2D eigenvalue weighted by atomic mass is 32.2. The van der Waals surface area contributed by atoms with Gasteiger partial charge in [0.1, 0.15) is 6.04 Å². The van der Waals surface area contributed by atoms with E-state index in [4.69, 9.17) is 0 Å². The van der Waals surface area contributed by atoms with Gasteiger partial charge in [-0.2, -0.15) is 0 Å². The fraction of sp³-hybridized carbons (Fsp3) is 0.462. The number of benzene rings is 1. The first-order valence-electron chi connectivity index (χ1n) is 6.28. The van der Waals surface area contributed by atoms with E-state index < -0.39 is 33.5 Å². The van der Waals surface area contributed by atoms with Crippen LogP contribution in [0.4, 0.5) is 8.78 Å². The first-order chi connectivity index (χ1) is 9.82. The SMILES string of the molecule is COC(=O)[C@H]1CS(=O)(=O)CCN1Cc1ccc(F)c(F)c1. The van der Waals surface area contributed by atoms with E-state index in [1.807, 2.05) is 0 Å². The third kappa shape index (κ3) is 3.76. The number of rotatable bonds is 3. The van der Waals surface area contributed by atoms with Crippen LogP contribution in [0.15, 0.2) is 18.2 Å². The van der Waals surface area contributed by atoms with Crippen LogP contribution in [0.5, 0.6) is 0 Å². The molecule has 2 rings (SSSR count). The van der Waals surface area contributed by atoms with Gasteiger partial charge in [-0.1, -0.05) is 6.07 Å². The molecule has 0 saturated carbocycles. The lowest BCUT2D eigenvalue weighted by Gasteiger charge is -2.33. The molecule has 0 bridgehead atoms. The topological polar surface area (TPSA) is 63.7 Å². The van der Waals surface area contributed by atoms with Gasteiger partial charge in [-0.3, -0.25) is 9.69 Å². The Labute approximate surface area is 121 Å². The molecule has 0 aliphatic carbocycles. The van der Waals surface area contributed by atoms with Gasteiger partial charge in [0.25, 0.3) is 0 Å². The van der Waals surface area contributed by atoms with E-state index in [-0.39, 0.29) is 24.6 Å². The molecule has 1 saturated heterocycles. The van der Waals surface area contributed by atoms with Crippen LogP contribution in [0.2, 0.25) is 0 Å². The Morgan fingerprint density at radius 3 is 2.71 bits per heavy atom. The second-order valence-electron chi connectivity index (χ2n) is 4.87. The van der Waals surface area contributed by atoms with E-state index in [9.17, 15) is 22.0 Å². The van der Waals surface area contributed by atoms with Gasteiger partial charge in [-0.25, -0.2) is 17.2 Å². The molecule has 1 fully saturated rings. The second kappa shape index (κ2) is 6.07. The van der Waals surface area contributed by atoms with Crippen LogP contribution in [0.25, 0.3) is 0 Å². The summed E-state index contributed by atoms with van der Waals surface area (Å²) < 4.78 is 54.0. The third-order valence-corrected chi connectivity index (χ3v) is 5.01. The molecule has 1 aliphatic rings. The molecule has 0 aromatic heterocycles. The molecule has 0 amide bonds. The van der Waals surface area contributed by atoms with Crippen LogP contribution in [-0.4, -0.2) is 50.5 Å². The largest absolute Gasteiger partial charge is 0.468 e. The molecule has 5 nitrogen and oxygen atoms in total. The van der Waals surface area contributed by atoms with Gasteiger partial charge in [-0.05, 0) is 17.7 Å². The number of ether oxygens (including phenoxy) is 1. The average Bonchev–Trinajstić information content (AvgIpc) is 2.43. The lowest BCUT2D eigenvalue weighted by atomic mass is 10.1. The Bertz CT molecular complexity index is 648. The lowest BCUT2D eigenvalue weighted by molar-refractivity contribution is -0.146. The Morgan fingerprint density at radius 2 is 2.10 bits per heavy atom.